The summed E-state index contributed by atoms with van der Waals surface area (Å²) in [6, 6.07) is 5.95. The number of aliphatic imine (C=N–C) groups is 1. The molecule has 0 radical (unpaired) electrons. The standard InChI is InChI=1S/C22H33N5O4S/c1-5-26(6-2)19(28)15-25-11-13-27(14-12-25)22(29)20(16(3)4)23-21-17-9-7-8-10-18(17)32(30,31)24-21/h7-10,16,20H,5-6,11-15H2,1-4H3,(H,23,24)/t20-/m0/s1. The normalized spacial score (nSPS) is 20.2. The number of likely N-dealkylation sites (N-methyl/N-ethyl adjacent to an activating group) is 1. The van der Waals surface area contributed by atoms with Crippen molar-refractivity contribution >= 4 is 27.7 Å². The lowest BCUT2D eigenvalue weighted by Gasteiger charge is -2.36. The molecular weight excluding hydrogens is 430 g/mol. The Hall–Kier alpha value is -2.46. The average Bonchev–Trinajstić information content (AvgIpc) is 3.03. The van der Waals surface area contributed by atoms with Crippen molar-refractivity contribution in [3.8, 4) is 0 Å². The Labute approximate surface area is 190 Å². The van der Waals surface area contributed by atoms with E-state index in [1.807, 2.05) is 32.6 Å². The van der Waals surface area contributed by atoms with Crippen LogP contribution in [0.2, 0.25) is 0 Å². The van der Waals surface area contributed by atoms with Crippen molar-refractivity contribution in [3.05, 3.63) is 29.8 Å². The van der Waals surface area contributed by atoms with Crippen molar-refractivity contribution in [2.45, 2.75) is 38.6 Å². The lowest BCUT2D eigenvalue weighted by molar-refractivity contribution is -0.136. The van der Waals surface area contributed by atoms with Gasteiger partial charge in [0.1, 0.15) is 11.9 Å². The number of rotatable bonds is 7. The largest absolute Gasteiger partial charge is 0.342 e. The van der Waals surface area contributed by atoms with Crippen LogP contribution in [-0.2, 0) is 19.6 Å². The molecule has 0 unspecified atom stereocenters. The molecule has 3 rings (SSSR count). The second kappa shape index (κ2) is 9.99. The van der Waals surface area contributed by atoms with Crippen LogP contribution in [0, 0.1) is 5.92 Å². The Balaban J connectivity index is 1.69. The van der Waals surface area contributed by atoms with Gasteiger partial charge in [-0.15, -0.1) is 0 Å². The molecule has 1 aromatic rings. The van der Waals surface area contributed by atoms with E-state index in [2.05, 4.69) is 14.6 Å². The lowest BCUT2D eigenvalue weighted by Crippen LogP contribution is -2.54. The minimum absolute atomic E-state index is 0.102. The van der Waals surface area contributed by atoms with Crippen LogP contribution in [0.15, 0.2) is 34.2 Å². The Morgan fingerprint density at radius 2 is 1.72 bits per heavy atom. The molecule has 9 nitrogen and oxygen atoms in total. The molecule has 1 fully saturated rings. The van der Waals surface area contributed by atoms with Crippen LogP contribution in [0.3, 0.4) is 0 Å². The molecule has 32 heavy (non-hydrogen) atoms. The highest BCUT2D eigenvalue weighted by Gasteiger charge is 2.34. The SMILES string of the molecule is CCN(CC)C(=O)CN1CCN(C(=O)[C@@H](N=C2NS(=O)(=O)c3ccccc32)C(C)C)CC1. The molecule has 1 aromatic carbocycles. The van der Waals surface area contributed by atoms with Crippen LogP contribution in [-0.4, -0.2) is 92.6 Å². The van der Waals surface area contributed by atoms with Gasteiger partial charge in [-0.2, -0.15) is 0 Å². The fraction of sp³-hybridized carbons (Fsp3) is 0.591. The van der Waals surface area contributed by atoms with Crippen LogP contribution in [0.25, 0.3) is 0 Å². The number of nitrogens with zero attached hydrogens (tertiary/aromatic N) is 4. The van der Waals surface area contributed by atoms with Gasteiger partial charge < -0.3 is 9.80 Å². The quantitative estimate of drug-likeness (QED) is 0.643. The van der Waals surface area contributed by atoms with Gasteiger partial charge in [0.15, 0.2) is 0 Å². The fourth-order valence-corrected chi connectivity index (χ4v) is 5.28. The third-order valence-electron chi connectivity index (χ3n) is 5.97. The number of benzene rings is 1. The van der Waals surface area contributed by atoms with Gasteiger partial charge in [0.25, 0.3) is 10.0 Å². The number of piperazine rings is 1. The molecule has 0 bridgehead atoms. The van der Waals surface area contributed by atoms with Gasteiger partial charge in [0.2, 0.25) is 11.8 Å². The molecule has 2 aliphatic heterocycles. The molecule has 0 spiro atoms. The number of hydrogen-bond acceptors (Lipinski definition) is 6. The number of fused-ring (bicyclic) bond motifs is 1. The molecule has 2 amide bonds. The fourth-order valence-electron chi connectivity index (χ4n) is 4.04. The van der Waals surface area contributed by atoms with Crippen molar-refractivity contribution in [2.75, 3.05) is 45.8 Å². The van der Waals surface area contributed by atoms with E-state index >= 15 is 0 Å². The van der Waals surface area contributed by atoms with E-state index in [9.17, 15) is 18.0 Å². The first-order valence-corrected chi connectivity index (χ1v) is 12.6. The zero-order valence-electron chi connectivity index (χ0n) is 19.2. The molecule has 10 heteroatoms. The van der Waals surface area contributed by atoms with Gasteiger partial charge in [0, 0.05) is 44.8 Å². The molecule has 0 aliphatic carbocycles. The predicted octanol–water partition coefficient (Wildman–Crippen LogP) is 0.762. The summed E-state index contributed by atoms with van der Waals surface area (Å²) >= 11 is 0. The first-order chi connectivity index (χ1) is 15.2. The average molecular weight is 464 g/mol. The summed E-state index contributed by atoms with van der Waals surface area (Å²) in [6.45, 7) is 11.8. The van der Waals surface area contributed by atoms with E-state index in [1.165, 1.54) is 6.07 Å². The summed E-state index contributed by atoms with van der Waals surface area (Å²) in [5.74, 6) is 0.102. The highest BCUT2D eigenvalue weighted by atomic mass is 32.2. The minimum atomic E-state index is -3.66. The number of amidine groups is 1. The molecule has 176 valence electrons. The summed E-state index contributed by atoms with van der Waals surface area (Å²) in [4.78, 5) is 36.0. The highest BCUT2D eigenvalue weighted by molar-refractivity contribution is 7.90. The van der Waals surface area contributed by atoms with Crippen LogP contribution in [0.4, 0.5) is 0 Å². The summed E-state index contributed by atoms with van der Waals surface area (Å²) < 4.78 is 27.2. The zero-order chi connectivity index (χ0) is 23.5. The monoisotopic (exact) mass is 463 g/mol. The first-order valence-electron chi connectivity index (χ1n) is 11.2. The lowest BCUT2D eigenvalue weighted by atomic mass is 10.0. The second-order valence-corrected chi connectivity index (χ2v) is 10.1. The van der Waals surface area contributed by atoms with E-state index in [0.29, 0.717) is 51.4 Å². The number of carbonyl (C=O) groups is 2. The molecule has 2 aliphatic rings. The van der Waals surface area contributed by atoms with Gasteiger partial charge in [-0.1, -0.05) is 26.0 Å². The van der Waals surface area contributed by atoms with Gasteiger partial charge in [-0.3, -0.25) is 24.2 Å². The van der Waals surface area contributed by atoms with Crippen molar-refractivity contribution < 1.29 is 18.0 Å². The maximum Gasteiger partial charge on any atom is 0.263 e. The van der Waals surface area contributed by atoms with Crippen LogP contribution in [0.1, 0.15) is 33.3 Å². The number of sulfonamides is 1. The molecule has 1 atom stereocenters. The van der Waals surface area contributed by atoms with Crippen LogP contribution < -0.4 is 4.72 Å². The van der Waals surface area contributed by atoms with E-state index < -0.39 is 16.1 Å². The molecule has 1 N–H and O–H groups in total. The topological polar surface area (TPSA) is 102 Å². The second-order valence-electron chi connectivity index (χ2n) is 8.44. The van der Waals surface area contributed by atoms with Crippen molar-refractivity contribution in [2.24, 2.45) is 10.9 Å². The Bertz CT molecular complexity index is 980. The maximum atomic E-state index is 13.3. The summed E-state index contributed by atoms with van der Waals surface area (Å²) in [5.41, 5.74) is 0.491. The Morgan fingerprint density at radius 3 is 2.31 bits per heavy atom. The van der Waals surface area contributed by atoms with Crippen molar-refractivity contribution in [1.29, 1.82) is 0 Å². The smallest absolute Gasteiger partial charge is 0.263 e. The zero-order valence-corrected chi connectivity index (χ0v) is 20.1. The van der Waals surface area contributed by atoms with E-state index in [4.69, 9.17) is 0 Å². The molecule has 1 saturated heterocycles. The predicted molar refractivity (Wildman–Crippen MR) is 123 cm³/mol. The maximum absolute atomic E-state index is 13.3. The number of amides is 2. The number of hydrogen-bond donors (Lipinski definition) is 1. The van der Waals surface area contributed by atoms with Gasteiger partial charge in [0.05, 0.1) is 11.4 Å². The molecule has 0 aromatic heterocycles. The Morgan fingerprint density at radius 1 is 1.09 bits per heavy atom. The first kappa shape index (κ1) is 24.2. The van der Waals surface area contributed by atoms with Gasteiger partial charge in [-0.05, 0) is 31.9 Å². The third kappa shape index (κ3) is 5.12. The van der Waals surface area contributed by atoms with Gasteiger partial charge in [-0.25, -0.2) is 8.42 Å². The van der Waals surface area contributed by atoms with Crippen molar-refractivity contribution in [1.82, 2.24) is 19.4 Å². The summed E-state index contributed by atoms with van der Waals surface area (Å²) in [7, 11) is -3.66. The highest BCUT2D eigenvalue weighted by Crippen LogP contribution is 2.24. The minimum Gasteiger partial charge on any atom is -0.342 e. The van der Waals surface area contributed by atoms with E-state index in [1.54, 1.807) is 23.1 Å². The Kier molecular flexibility index (Phi) is 7.55. The number of carbonyl (C=O) groups excluding carboxylic acids is 2. The van der Waals surface area contributed by atoms with Gasteiger partial charge >= 0.3 is 0 Å². The van der Waals surface area contributed by atoms with Crippen LogP contribution in [0.5, 0.6) is 0 Å². The third-order valence-corrected chi connectivity index (χ3v) is 7.37. The van der Waals surface area contributed by atoms with Crippen LogP contribution >= 0.6 is 0 Å². The molecule has 2 heterocycles. The number of nitrogens with one attached hydrogen (secondary N) is 1. The summed E-state index contributed by atoms with van der Waals surface area (Å²) in [5, 5.41) is 0. The molecular formula is C22H33N5O4S. The van der Waals surface area contributed by atoms with Crippen molar-refractivity contribution in [3.63, 3.8) is 0 Å². The van der Waals surface area contributed by atoms with E-state index in [0.717, 1.165) is 0 Å². The van der Waals surface area contributed by atoms with E-state index in [-0.39, 0.29) is 28.5 Å². The molecule has 0 saturated carbocycles. The summed E-state index contributed by atoms with van der Waals surface area (Å²) in [6.07, 6.45) is 0.